The maximum Gasteiger partial charge on any atom is 0.235 e. The molecule has 6 heteroatoms. The minimum Gasteiger partial charge on any atom is -0.343 e. The van der Waals surface area contributed by atoms with Gasteiger partial charge in [-0.1, -0.05) is 12.8 Å². The molecule has 0 unspecified atom stereocenters. The lowest BCUT2D eigenvalue weighted by atomic mass is 9.95. The van der Waals surface area contributed by atoms with Gasteiger partial charge in [0.2, 0.25) is 11.8 Å². The van der Waals surface area contributed by atoms with Crippen molar-refractivity contribution < 1.29 is 13.8 Å². The minimum absolute atomic E-state index is 0.00153. The number of amides is 2. The number of carbonyl (C=O) groups is 2. The Labute approximate surface area is 142 Å². The molecule has 2 rings (SSSR count). The quantitative estimate of drug-likeness (QED) is 0.765. The molecule has 1 heterocycles. The molecular weight excluding hydrogens is 312 g/mol. The van der Waals surface area contributed by atoms with Crippen molar-refractivity contribution in [2.24, 2.45) is 5.92 Å². The van der Waals surface area contributed by atoms with E-state index < -0.39 is 10.8 Å². The number of nitrogens with zero attached hydrogens (tertiary/aromatic N) is 2. The number of piperidine rings is 1. The lowest BCUT2D eigenvalue weighted by Gasteiger charge is -2.34. The Balaban J connectivity index is 1.78. The lowest BCUT2D eigenvalue weighted by molar-refractivity contribution is -0.140. The molecule has 0 aromatic carbocycles. The predicted octanol–water partition coefficient (Wildman–Crippen LogP) is 1.78. The van der Waals surface area contributed by atoms with E-state index in [0.29, 0.717) is 13.1 Å². The topological polar surface area (TPSA) is 57.7 Å². The molecule has 2 fully saturated rings. The number of hydrogen-bond acceptors (Lipinski definition) is 3. The Morgan fingerprint density at radius 1 is 1.13 bits per heavy atom. The first-order chi connectivity index (χ1) is 10.9. The van der Waals surface area contributed by atoms with Crippen molar-refractivity contribution in [1.29, 1.82) is 0 Å². The molecule has 132 valence electrons. The Morgan fingerprint density at radius 2 is 1.70 bits per heavy atom. The van der Waals surface area contributed by atoms with Crippen molar-refractivity contribution in [3.8, 4) is 0 Å². The Kier molecular flexibility index (Phi) is 6.62. The molecule has 1 aliphatic carbocycles. The van der Waals surface area contributed by atoms with E-state index in [1.807, 2.05) is 20.9 Å². The number of carbonyl (C=O) groups excluding carboxylic acids is 2. The highest BCUT2D eigenvalue weighted by molar-refractivity contribution is 7.86. The molecule has 1 atom stereocenters. The Morgan fingerprint density at radius 3 is 2.22 bits per heavy atom. The molecule has 2 aliphatic rings. The second kappa shape index (κ2) is 8.27. The van der Waals surface area contributed by atoms with Crippen LogP contribution in [0.1, 0.15) is 52.4 Å². The first kappa shape index (κ1) is 18.4. The molecule has 0 aromatic rings. The van der Waals surface area contributed by atoms with Crippen LogP contribution in [0.15, 0.2) is 0 Å². The summed E-state index contributed by atoms with van der Waals surface area (Å²) in [6.45, 7) is 5.25. The van der Waals surface area contributed by atoms with Gasteiger partial charge in [-0.25, -0.2) is 0 Å². The molecule has 1 saturated heterocycles. The average Bonchev–Trinajstić information content (AvgIpc) is 3.08. The smallest absolute Gasteiger partial charge is 0.235 e. The third-order valence-electron chi connectivity index (χ3n) is 5.26. The highest BCUT2D eigenvalue weighted by atomic mass is 32.2. The maximum absolute atomic E-state index is 12.3. The molecule has 5 nitrogen and oxygen atoms in total. The van der Waals surface area contributed by atoms with Gasteiger partial charge in [0, 0.05) is 48.1 Å². The molecule has 0 spiro atoms. The van der Waals surface area contributed by atoms with Crippen LogP contribution in [-0.4, -0.2) is 63.0 Å². The van der Waals surface area contributed by atoms with E-state index in [-0.39, 0.29) is 34.8 Å². The van der Waals surface area contributed by atoms with Crippen molar-refractivity contribution in [2.45, 2.75) is 63.7 Å². The number of hydrogen-bond donors (Lipinski definition) is 0. The number of rotatable bonds is 5. The van der Waals surface area contributed by atoms with E-state index in [0.717, 1.165) is 38.5 Å². The molecule has 0 bridgehead atoms. The molecule has 1 aliphatic heterocycles. The highest BCUT2D eigenvalue weighted by Gasteiger charge is 2.31. The van der Waals surface area contributed by atoms with Crippen LogP contribution < -0.4 is 0 Å². The van der Waals surface area contributed by atoms with Gasteiger partial charge in [0.15, 0.2) is 0 Å². The monoisotopic (exact) mass is 342 g/mol. The molecule has 23 heavy (non-hydrogen) atoms. The highest BCUT2D eigenvalue weighted by Crippen LogP contribution is 2.24. The third-order valence-corrected chi connectivity index (χ3v) is 7.01. The summed E-state index contributed by atoms with van der Waals surface area (Å²) in [6.07, 6.45) is 5.72. The van der Waals surface area contributed by atoms with Crippen LogP contribution in [-0.2, 0) is 20.4 Å². The second-order valence-corrected chi connectivity index (χ2v) is 8.85. The first-order valence-corrected chi connectivity index (χ1v) is 10.2. The zero-order chi connectivity index (χ0) is 17.0. The average molecular weight is 343 g/mol. The summed E-state index contributed by atoms with van der Waals surface area (Å²) in [5.74, 6) is 0.363. The fraction of sp³-hybridized carbons (Fsp3) is 0.882. The van der Waals surface area contributed by atoms with Gasteiger partial charge in [-0.3, -0.25) is 13.8 Å². The van der Waals surface area contributed by atoms with Gasteiger partial charge in [0.05, 0.1) is 0 Å². The van der Waals surface area contributed by atoms with Crippen LogP contribution in [0.25, 0.3) is 0 Å². The summed E-state index contributed by atoms with van der Waals surface area (Å²) in [7, 11) is 0.818. The SMILES string of the molecule is CC(C)N(C)C(=O)C1CCN(C(=O)C[S@](=O)C2CCCC2)CC1. The molecule has 0 radical (unpaired) electrons. The summed E-state index contributed by atoms with van der Waals surface area (Å²) in [5, 5.41) is 0.220. The van der Waals surface area contributed by atoms with Crippen LogP contribution in [0.4, 0.5) is 0 Å². The predicted molar refractivity (Wildman–Crippen MR) is 92.5 cm³/mol. The van der Waals surface area contributed by atoms with Gasteiger partial charge < -0.3 is 9.80 Å². The van der Waals surface area contributed by atoms with E-state index in [1.54, 1.807) is 9.80 Å². The van der Waals surface area contributed by atoms with E-state index in [1.165, 1.54) is 0 Å². The van der Waals surface area contributed by atoms with Crippen LogP contribution in [0.5, 0.6) is 0 Å². The largest absolute Gasteiger partial charge is 0.343 e. The van der Waals surface area contributed by atoms with Gasteiger partial charge >= 0.3 is 0 Å². The summed E-state index contributed by atoms with van der Waals surface area (Å²) in [5.41, 5.74) is 0. The van der Waals surface area contributed by atoms with Gasteiger partial charge in [-0.2, -0.15) is 0 Å². The third kappa shape index (κ3) is 4.78. The van der Waals surface area contributed by atoms with Gasteiger partial charge in [0.25, 0.3) is 0 Å². The molecule has 0 aromatic heterocycles. The van der Waals surface area contributed by atoms with Crippen molar-refractivity contribution >= 4 is 22.6 Å². The van der Waals surface area contributed by atoms with Crippen LogP contribution >= 0.6 is 0 Å². The van der Waals surface area contributed by atoms with E-state index >= 15 is 0 Å². The summed E-state index contributed by atoms with van der Waals surface area (Å²) < 4.78 is 12.2. The summed E-state index contributed by atoms with van der Waals surface area (Å²) in [6, 6.07) is 0.205. The van der Waals surface area contributed by atoms with Crippen molar-refractivity contribution in [3.63, 3.8) is 0 Å². The zero-order valence-corrected chi connectivity index (χ0v) is 15.4. The molecule has 0 N–H and O–H groups in total. The first-order valence-electron chi connectivity index (χ1n) is 8.81. The fourth-order valence-corrected chi connectivity index (χ4v) is 4.92. The van der Waals surface area contributed by atoms with E-state index in [4.69, 9.17) is 0 Å². The van der Waals surface area contributed by atoms with Gasteiger partial charge in [-0.15, -0.1) is 0 Å². The van der Waals surface area contributed by atoms with E-state index in [9.17, 15) is 13.8 Å². The summed E-state index contributed by atoms with van der Waals surface area (Å²) in [4.78, 5) is 28.2. The van der Waals surface area contributed by atoms with Crippen molar-refractivity contribution in [3.05, 3.63) is 0 Å². The molecular formula is C17H30N2O3S. The normalized spacial score (nSPS) is 21.7. The van der Waals surface area contributed by atoms with Crippen LogP contribution in [0.3, 0.4) is 0 Å². The Bertz CT molecular complexity index is 453. The van der Waals surface area contributed by atoms with Crippen molar-refractivity contribution in [1.82, 2.24) is 9.80 Å². The lowest BCUT2D eigenvalue weighted by Crippen LogP contribution is -2.46. The van der Waals surface area contributed by atoms with E-state index in [2.05, 4.69) is 0 Å². The zero-order valence-electron chi connectivity index (χ0n) is 14.6. The van der Waals surface area contributed by atoms with Crippen LogP contribution in [0.2, 0.25) is 0 Å². The molecule has 1 saturated carbocycles. The maximum atomic E-state index is 12.3. The minimum atomic E-state index is -1.02. The molecule has 2 amide bonds. The second-order valence-electron chi connectivity index (χ2n) is 7.13. The van der Waals surface area contributed by atoms with Crippen molar-refractivity contribution in [2.75, 3.05) is 25.9 Å². The Hall–Kier alpha value is -0.910. The van der Waals surface area contributed by atoms with Gasteiger partial charge in [0.1, 0.15) is 5.75 Å². The standard InChI is InChI=1S/C17H30N2O3S/c1-13(2)18(3)17(21)14-8-10-19(11-9-14)16(20)12-23(22)15-6-4-5-7-15/h13-15H,4-12H2,1-3H3/t23-/m0/s1. The number of likely N-dealkylation sites (tertiary alicyclic amines) is 1. The summed E-state index contributed by atoms with van der Waals surface area (Å²) >= 11 is 0. The van der Waals surface area contributed by atoms with Gasteiger partial charge in [-0.05, 0) is 39.5 Å². The fourth-order valence-electron chi connectivity index (χ4n) is 3.40. The van der Waals surface area contributed by atoms with Crippen LogP contribution in [0, 0.1) is 5.92 Å².